The number of hydrogen-bond acceptors (Lipinski definition) is 3. The standard InChI is InChI=1S/C60H41NO2/c1-2-10-40(11-3-1)43-28-34-48(35-29-43)61(49-36-30-44(31-37-49)41-20-24-46(25-21-41)51-14-8-16-55-53-12-4-6-18-57(53)62-59(51)55)50-38-32-45(33-39-50)42-22-26-47(27-23-42)52-15-9-17-56-54-13-5-7-19-58(54)63-60(52)56/h1-39,55,59H. The second kappa shape index (κ2) is 15.4. The molecule has 0 spiro atoms. The maximum absolute atomic E-state index is 6.47. The van der Waals surface area contributed by atoms with Crippen molar-refractivity contribution in [3.8, 4) is 50.3 Å². The molecule has 0 saturated heterocycles. The van der Waals surface area contributed by atoms with Crippen molar-refractivity contribution in [1.29, 1.82) is 0 Å². The van der Waals surface area contributed by atoms with E-state index in [0.29, 0.717) is 0 Å². The van der Waals surface area contributed by atoms with Crippen molar-refractivity contribution in [1.82, 2.24) is 0 Å². The van der Waals surface area contributed by atoms with E-state index in [1.807, 2.05) is 18.2 Å². The Hall–Kier alpha value is -8.14. The van der Waals surface area contributed by atoms with Gasteiger partial charge in [0.1, 0.15) is 23.0 Å². The molecule has 9 aromatic carbocycles. The Balaban J connectivity index is 0.829. The smallest absolute Gasteiger partial charge is 0.143 e. The van der Waals surface area contributed by atoms with E-state index < -0.39 is 0 Å². The summed E-state index contributed by atoms with van der Waals surface area (Å²) >= 11 is 0. The van der Waals surface area contributed by atoms with Crippen molar-refractivity contribution in [3.63, 3.8) is 0 Å². The van der Waals surface area contributed by atoms with Crippen LogP contribution < -0.4 is 9.64 Å². The van der Waals surface area contributed by atoms with Gasteiger partial charge >= 0.3 is 0 Å². The molecule has 10 aromatic rings. The molecule has 3 heteroatoms. The van der Waals surface area contributed by atoms with Gasteiger partial charge in [0.2, 0.25) is 0 Å². The topological polar surface area (TPSA) is 25.6 Å². The Bertz CT molecular complexity index is 3320. The van der Waals surface area contributed by atoms with Gasteiger partial charge in [-0.25, -0.2) is 0 Å². The molecule has 2 heterocycles. The maximum Gasteiger partial charge on any atom is 0.143 e. The lowest BCUT2D eigenvalue weighted by Crippen LogP contribution is -2.21. The predicted molar refractivity (Wildman–Crippen MR) is 261 cm³/mol. The number of ether oxygens (including phenoxy) is 1. The molecule has 0 saturated carbocycles. The molecule has 0 amide bonds. The molecular formula is C60H41NO2. The zero-order valence-corrected chi connectivity index (χ0v) is 34.4. The third-order valence-corrected chi connectivity index (χ3v) is 12.7. The highest BCUT2D eigenvalue weighted by molar-refractivity contribution is 6.09. The molecule has 2 atom stereocenters. The average molecular weight is 808 g/mol. The van der Waals surface area contributed by atoms with Crippen molar-refractivity contribution in [2.75, 3.05) is 4.90 Å². The fourth-order valence-electron chi connectivity index (χ4n) is 9.49. The lowest BCUT2D eigenvalue weighted by molar-refractivity contribution is 0.278. The molecule has 2 unspecified atom stereocenters. The lowest BCUT2D eigenvalue weighted by atomic mass is 9.84. The van der Waals surface area contributed by atoms with E-state index >= 15 is 0 Å². The molecule has 298 valence electrons. The Labute approximate surface area is 367 Å². The molecule has 2 aliphatic rings. The van der Waals surface area contributed by atoms with Crippen LogP contribution in [0.2, 0.25) is 0 Å². The van der Waals surface area contributed by atoms with Crippen LogP contribution in [-0.4, -0.2) is 6.10 Å². The first-order chi connectivity index (χ1) is 31.2. The Morgan fingerprint density at radius 1 is 0.381 bits per heavy atom. The second-order valence-corrected chi connectivity index (χ2v) is 16.4. The quantitative estimate of drug-likeness (QED) is 0.153. The summed E-state index contributed by atoms with van der Waals surface area (Å²) in [6, 6.07) is 78.0. The summed E-state index contributed by atoms with van der Waals surface area (Å²) in [5.74, 6) is 1.23. The molecule has 12 rings (SSSR count). The highest BCUT2D eigenvalue weighted by atomic mass is 16.5. The van der Waals surface area contributed by atoms with Crippen LogP contribution in [0.4, 0.5) is 17.1 Å². The molecule has 0 fully saturated rings. The van der Waals surface area contributed by atoms with Gasteiger partial charge in [0.15, 0.2) is 0 Å². The van der Waals surface area contributed by atoms with Crippen LogP contribution in [0.25, 0.3) is 72.0 Å². The van der Waals surface area contributed by atoms with Gasteiger partial charge in [0.05, 0.1) is 0 Å². The van der Waals surface area contributed by atoms with Gasteiger partial charge in [0.25, 0.3) is 0 Å². The molecule has 1 aliphatic heterocycles. The molecular weight excluding hydrogens is 767 g/mol. The first kappa shape index (κ1) is 36.7. The number of furan rings is 1. The monoisotopic (exact) mass is 807 g/mol. The van der Waals surface area contributed by atoms with E-state index in [0.717, 1.165) is 67.0 Å². The summed E-state index contributed by atoms with van der Waals surface area (Å²) < 4.78 is 12.8. The first-order valence-electron chi connectivity index (χ1n) is 21.6. The fourth-order valence-corrected chi connectivity index (χ4v) is 9.49. The SMILES string of the molecule is C1=CC2c3ccccc3OC2C(c2ccc(-c3ccc(N(c4ccc(-c5ccccc5)cc4)c4ccc(-c5ccc(-c6cccc7c6oc6ccccc67)cc5)cc4)cc3)cc2)=C1. The summed E-state index contributed by atoms with van der Waals surface area (Å²) in [5, 5.41) is 2.28. The van der Waals surface area contributed by atoms with Gasteiger partial charge in [-0.05, 0) is 93.0 Å². The van der Waals surface area contributed by atoms with Crippen LogP contribution in [0.5, 0.6) is 5.75 Å². The molecule has 1 aromatic heterocycles. The molecule has 0 radical (unpaired) electrons. The highest BCUT2D eigenvalue weighted by Crippen LogP contribution is 2.46. The molecule has 0 N–H and O–H groups in total. The third kappa shape index (κ3) is 6.63. The van der Waals surface area contributed by atoms with Gasteiger partial charge in [-0.1, -0.05) is 188 Å². The Kier molecular flexibility index (Phi) is 8.97. The zero-order chi connectivity index (χ0) is 41.7. The van der Waals surface area contributed by atoms with Crippen LogP contribution in [0.15, 0.2) is 241 Å². The number of benzene rings is 9. The fraction of sp³-hybridized carbons (Fsp3) is 0.0333. The van der Waals surface area contributed by atoms with Gasteiger partial charge in [-0.15, -0.1) is 0 Å². The zero-order valence-electron chi connectivity index (χ0n) is 34.4. The lowest BCUT2D eigenvalue weighted by Gasteiger charge is -2.26. The minimum atomic E-state index is -0.00455. The second-order valence-electron chi connectivity index (χ2n) is 16.4. The van der Waals surface area contributed by atoms with Crippen LogP contribution in [0.3, 0.4) is 0 Å². The summed E-state index contributed by atoms with van der Waals surface area (Å²) in [6.45, 7) is 0. The normalized spacial score (nSPS) is 15.1. The third-order valence-electron chi connectivity index (χ3n) is 12.7. The van der Waals surface area contributed by atoms with Crippen LogP contribution in [0.1, 0.15) is 17.0 Å². The van der Waals surface area contributed by atoms with Gasteiger partial charge in [-0.3, -0.25) is 0 Å². The van der Waals surface area contributed by atoms with Crippen molar-refractivity contribution in [2.24, 2.45) is 0 Å². The van der Waals surface area contributed by atoms with Gasteiger partial charge < -0.3 is 14.1 Å². The predicted octanol–water partition coefficient (Wildman–Crippen LogP) is 16.2. The van der Waals surface area contributed by atoms with Crippen LogP contribution >= 0.6 is 0 Å². The van der Waals surface area contributed by atoms with Crippen molar-refractivity contribution >= 4 is 44.6 Å². The highest BCUT2D eigenvalue weighted by Gasteiger charge is 2.36. The molecule has 3 nitrogen and oxygen atoms in total. The van der Waals surface area contributed by atoms with Crippen molar-refractivity contribution in [2.45, 2.75) is 12.0 Å². The number of allylic oxidation sites excluding steroid dienone is 2. The van der Waals surface area contributed by atoms with Gasteiger partial charge in [0, 0.05) is 50.5 Å². The Morgan fingerprint density at radius 2 is 0.873 bits per heavy atom. The summed E-state index contributed by atoms with van der Waals surface area (Å²) in [6.07, 6.45) is 6.63. The summed E-state index contributed by atoms with van der Waals surface area (Å²) in [5.41, 5.74) is 18.0. The van der Waals surface area contributed by atoms with E-state index in [1.54, 1.807) is 0 Å². The minimum Gasteiger partial charge on any atom is -0.484 e. The number of nitrogens with zero attached hydrogens (tertiary/aromatic N) is 1. The van der Waals surface area contributed by atoms with Crippen molar-refractivity contribution in [3.05, 3.63) is 248 Å². The van der Waals surface area contributed by atoms with E-state index in [-0.39, 0.29) is 12.0 Å². The molecule has 0 bridgehead atoms. The Morgan fingerprint density at radius 3 is 1.51 bits per heavy atom. The number of para-hydroxylation sites is 3. The van der Waals surface area contributed by atoms with E-state index in [1.165, 1.54) is 39.0 Å². The van der Waals surface area contributed by atoms with Crippen LogP contribution in [-0.2, 0) is 0 Å². The van der Waals surface area contributed by atoms with E-state index in [9.17, 15) is 0 Å². The number of hydrogen-bond donors (Lipinski definition) is 0. The van der Waals surface area contributed by atoms with E-state index in [4.69, 9.17) is 9.15 Å². The largest absolute Gasteiger partial charge is 0.484 e. The minimum absolute atomic E-state index is 0.00455. The van der Waals surface area contributed by atoms with E-state index in [2.05, 4.69) is 223 Å². The van der Waals surface area contributed by atoms with Crippen LogP contribution in [0, 0.1) is 0 Å². The summed E-state index contributed by atoms with van der Waals surface area (Å²) in [4.78, 5) is 2.33. The number of rotatable bonds is 8. The molecule has 1 aliphatic carbocycles. The maximum atomic E-state index is 6.47. The van der Waals surface area contributed by atoms with Crippen molar-refractivity contribution < 1.29 is 9.15 Å². The average Bonchev–Trinajstić information content (AvgIpc) is 3.94. The molecule has 63 heavy (non-hydrogen) atoms. The van der Waals surface area contributed by atoms with Gasteiger partial charge in [-0.2, -0.15) is 0 Å². The number of anilines is 3. The number of fused-ring (bicyclic) bond motifs is 6. The summed E-state index contributed by atoms with van der Waals surface area (Å²) in [7, 11) is 0. The first-order valence-corrected chi connectivity index (χ1v) is 21.6.